The van der Waals surface area contributed by atoms with E-state index in [1.54, 1.807) is 0 Å². The van der Waals surface area contributed by atoms with Gasteiger partial charge in [-0.25, -0.2) is 0 Å². The Labute approximate surface area is 141 Å². The molecule has 5 nitrogen and oxygen atoms in total. The zero-order valence-electron chi connectivity index (χ0n) is 13.7. The molecule has 0 aliphatic carbocycles. The molecule has 1 aromatic carbocycles. The van der Waals surface area contributed by atoms with Crippen molar-refractivity contribution >= 4 is 16.7 Å². The quantitative estimate of drug-likeness (QED) is 0.789. The van der Waals surface area contributed by atoms with E-state index in [1.807, 2.05) is 6.07 Å². The summed E-state index contributed by atoms with van der Waals surface area (Å²) >= 11 is 0. The average Bonchev–Trinajstić information content (AvgIpc) is 2.85. The van der Waals surface area contributed by atoms with Crippen LogP contribution in [-0.4, -0.2) is 52.3 Å². The summed E-state index contributed by atoms with van der Waals surface area (Å²) in [7, 11) is 0. The first-order valence-corrected chi connectivity index (χ1v) is 8.78. The van der Waals surface area contributed by atoms with Gasteiger partial charge in [0.25, 0.3) is 0 Å². The Morgan fingerprint density at radius 2 is 1.79 bits per heavy atom. The van der Waals surface area contributed by atoms with Crippen molar-refractivity contribution < 1.29 is 0 Å². The van der Waals surface area contributed by atoms with Crippen molar-refractivity contribution in [1.29, 1.82) is 0 Å². The predicted octanol–water partition coefficient (Wildman–Crippen LogP) is 2.91. The number of hydrogen-bond donors (Lipinski definition) is 1. The van der Waals surface area contributed by atoms with Gasteiger partial charge in [0.05, 0.1) is 5.69 Å². The summed E-state index contributed by atoms with van der Waals surface area (Å²) < 4.78 is 0. The number of rotatable bonds is 2. The van der Waals surface area contributed by atoms with Gasteiger partial charge in [-0.15, -0.1) is 10.2 Å². The molecule has 2 bridgehead atoms. The molecule has 0 radical (unpaired) electrons. The van der Waals surface area contributed by atoms with Crippen molar-refractivity contribution in [2.75, 3.05) is 31.1 Å². The molecule has 3 fully saturated rings. The number of H-pyrrole nitrogens is 1. The maximum absolute atomic E-state index is 4.54. The Morgan fingerprint density at radius 3 is 2.58 bits per heavy atom. The molecular formula is C19H21N5. The maximum Gasteiger partial charge on any atom is 0.151 e. The van der Waals surface area contributed by atoms with Crippen molar-refractivity contribution in [2.24, 2.45) is 0 Å². The Bertz CT molecular complexity index is 813. The van der Waals surface area contributed by atoms with Crippen LogP contribution in [0.1, 0.15) is 12.8 Å². The molecule has 3 aliphatic heterocycles. The smallest absolute Gasteiger partial charge is 0.151 e. The van der Waals surface area contributed by atoms with Crippen molar-refractivity contribution in [3.63, 3.8) is 0 Å². The summed E-state index contributed by atoms with van der Waals surface area (Å²) in [6, 6.07) is 15.3. The van der Waals surface area contributed by atoms with Crippen LogP contribution < -0.4 is 4.90 Å². The van der Waals surface area contributed by atoms with Crippen LogP contribution in [-0.2, 0) is 0 Å². The van der Waals surface area contributed by atoms with E-state index in [4.69, 9.17) is 0 Å². The summed E-state index contributed by atoms with van der Waals surface area (Å²) in [5.74, 6) is 1.02. The number of aromatic nitrogens is 3. The number of hydrogen-bond acceptors (Lipinski definition) is 4. The standard InChI is InChI=1S/C19H21N5/c1-2-4-16-14(3-1)13-18(20-16)17-5-6-19(22-21-17)24-12-11-23-9-7-15(24)8-10-23/h1-6,13,15,20H,7-12H2. The molecule has 3 saturated heterocycles. The highest BCUT2D eigenvalue weighted by Gasteiger charge is 2.29. The zero-order chi connectivity index (χ0) is 15.9. The highest BCUT2D eigenvalue weighted by atomic mass is 15.3. The monoisotopic (exact) mass is 319 g/mol. The van der Waals surface area contributed by atoms with E-state index < -0.39 is 0 Å². The molecule has 5 heterocycles. The Kier molecular flexibility index (Phi) is 3.26. The van der Waals surface area contributed by atoms with Gasteiger partial charge in [0, 0.05) is 43.1 Å². The first-order chi connectivity index (χ1) is 11.9. The fourth-order valence-electron chi connectivity index (χ4n) is 4.02. The van der Waals surface area contributed by atoms with E-state index in [1.165, 1.54) is 31.3 Å². The molecule has 24 heavy (non-hydrogen) atoms. The molecule has 0 atom stereocenters. The van der Waals surface area contributed by atoms with Gasteiger partial charge in [-0.3, -0.25) is 0 Å². The second kappa shape index (κ2) is 5.60. The summed E-state index contributed by atoms with van der Waals surface area (Å²) in [4.78, 5) is 8.44. The molecule has 0 spiro atoms. The number of piperidine rings is 1. The van der Waals surface area contributed by atoms with E-state index in [0.717, 1.165) is 35.8 Å². The number of benzene rings is 1. The van der Waals surface area contributed by atoms with E-state index in [0.29, 0.717) is 6.04 Å². The Hall–Kier alpha value is -2.40. The van der Waals surface area contributed by atoms with Gasteiger partial charge in [-0.05, 0) is 37.1 Å². The fraction of sp³-hybridized carbons (Fsp3) is 0.368. The topological polar surface area (TPSA) is 48.1 Å². The van der Waals surface area contributed by atoms with Gasteiger partial charge in [-0.2, -0.15) is 0 Å². The molecule has 5 heteroatoms. The molecule has 0 amide bonds. The molecule has 0 saturated carbocycles. The Balaban J connectivity index is 1.44. The van der Waals surface area contributed by atoms with Crippen LogP contribution in [0.4, 0.5) is 5.82 Å². The third-order valence-electron chi connectivity index (χ3n) is 5.41. The molecule has 0 unspecified atom stereocenters. The van der Waals surface area contributed by atoms with Crippen LogP contribution in [0.3, 0.4) is 0 Å². The number of para-hydroxylation sites is 1. The first-order valence-electron chi connectivity index (χ1n) is 8.78. The highest BCUT2D eigenvalue weighted by Crippen LogP contribution is 2.27. The lowest BCUT2D eigenvalue weighted by molar-refractivity contribution is 0.250. The van der Waals surface area contributed by atoms with Crippen LogP contribution in [0.2, 0.25) is 0 Å². The number of nitrogens with zero attached hydrogens (tertiary/aromatic N) is 4. The number of anilines is 1. The lowest BCUT2D eigenvalue weighted by Gasteiger charge is -2.31. The van der Waals surface area contributed by atoms with Crippen LogP contribution in [0.25, 0.3) is 22.3 Å². The van der Waals surface area contributed by atoms with Crippen molar-refractivity contribution in [1.82, 2.24) is 20.1 Å². The molecule has 6 rings (SSSR count). The number of aromatic amines is 1. The summed E-state index contributed by atoms with van der Waals surface area (Å²) in [5.41, 5.74) is 3.06. The van der Waals surface area contributed by atoms with Crippen LogP contribution in [0.15, 0.2) is 42.5 Å². The van der Waals surface area contributed by atoms with Crippen LogP contribution >= 0.6 is 0 Å². The highest BCUT2D eigenvalue weighted by molar-refractivity contribution is 5.85. The molecule has 3 aliphatic rings. The lowest BCUT2D eigenvalue weighted by Crippen LogP contribution is -2.38. The predicted molar refractivity (Wildman–Crippen MR) is 96.1 cm³/mol. The third-order valence-corrected chi connectivity index (χ3v) is 5.41. The van der Waals surface area contributed by atoms with Gasteiger partial charge in [0.1, 0.15) is 5.69 Å². The number of fused-ring (bicyclic) bond motifs is 5. The summed E-state index contributed by atoms with van der Waals surface area (Å²) in [6.45, 7) is 4.65. The zero-order valence-corrected chi connectivity index (χ0v) is 13.7. The Morgan fingerprint density at radius 1 is 0.917 bits per heavy atom. The third kappa shape index (κ3) is 2.36. The van der Waals surface area contributed by atoms with Crippen LogP contribution in [0, 0.1) is 0 Å². The van der Waals surface area contributed by atoms with Gasteiger partial charge >= 0.3 is 0 Å². The van der Waals surface area contributed by atoms with Gasteiger partial charge in [-0.1, -0.05) is 18.2 Å². The maximum atomic E-state index is 4.54. The van der Waals surface area contributed by atoms with E-state index in [2.05, 4.69) is 61.4 Å². The molecule has 2 aromatic heterocycles. The minimum Gasteiger partial charge on any atom is -0.353 e. The van der Waals surface area contributed by atoms with Gasteiger partial charge < -0.3 is 14.8 Å². The summed E-state index contributed by atoms with van der Waals surface area (Å²) in [5, 5.41) is 10.2. The normalized spacial score (nSPS) is 23.6. The van der Waals surface area contributed by atoms with E-state index in [-0.39, 0.29) is 0 Å². The average molecular weight is 319 g/mol. The molecule has 3 aromatic rings. The van der Waals surface area contributed by atoms with Crippen molar-refractivity contribution in [3.8, 4) is 11.4 Å². The lowest BCUT2D eigenvalue weighted by atomic mass is 10.1. The number of nitrogens with one attached hydrogen (secondary N) is 1. The first kappa shape index (κ1) is 14.0. The van der Waals surface area contributed by atoms with Gasteiger partial charge in [0.15, 0.2) is 5.82 Å². The molecule has 122 valence electrons. The van der Waals surface area contributed by atoms with Crippen molar-refractivity contribution in [2.45, 2.75) is 18.9 Å². The van der Waals surface area contributed by atoms with Crippen LogP contribution in [0.5, 0.6) is 0 Å². The SMILES string of the molecule is c1ccc2[nH]c(-c3ccc(N4CCN5CCC4CC5)nn3)cc2c1. The largest absolute Gasteiger partial charge is 0.353 e. The summed E-state index contributed by atoms with van der Waals surface area (Å²) in [6.07, 6.45) is 2.48. The van der Waals surface area contributed by atoms with E-state index in [9.17, 15) is 0 Å². The van der Waals surface area contributed by atoms with Crippen molar-refractivity contribution in [3.05, 3.63) is 42.5 Å². The molecule has 1 N–H and O–H groups in total. The molecular weight excluding hydrogens is 298 g/mol. The fourth-order valence-corrected chi connectivity index (χ4v) is 4.02. The second-order valence-corrected chi connectivity index (χ2v) is 6.81. The second-order valence-electron chi connectivity index (χ2n) is 6.81. The minimum absolute atomic E-state index is 0.622. The minimum atomic E-state index is 0.622. The van der Waals surface area contributed by atoms with Gasteiger partial charge in [0.2, 0.25) is 0 Å². The van der Waals surface area contributed by atoms with E-state index >= 15 is 0 Å².